The Morgan fingerprint density at radius 1 is 0.462 bits per heavy atom. The predicted octanol–water partition coefficient (Wildman–Crippen LogP) is 19.9. The monoisotopic (exact) mass is 1110 g/mol. The summed E-state index contributed by atoms with van der Waals surface area (Å²) in [6.07, 6.45) is 85.3. The van der Waals surface area contributed by atoms with Crippen LogP contribution in [0.1, 0.15) is 284 Å². The number of rotatable bonds is 59. The van der Waals surface area contributed by atoms with Gasteiger partial charge in [0.1, 0.15) is 13.2 Å². The summed E-state index contributed by atoms with van der Waals surface area (Å²) < 4.78 is 23.3. The molecule has 0 heterocycles. The number of nitrogens with one attached hydrogen (secondary N) is 1. The Bertz CT molecular complexity index is 1590. The molecule has 0 saturated carbocycles. The van der Waals surface area contributed by atoms with Crippen molar-refractivity contribution < 1.29 is 32.9 Å². The fourth-order valence-corrected chi connectivity index (χ4v) is 9.96. The molecule has 0 spiro atoms. The number of aliphatic hydroxyl groups is 1. The number of phosphoric ester groups is 1. The molecule has 0 aliphatic heterocycles. The smallest absolute Gasteiger partial charge is 0.268 e. The van der Waals surface area contributed by atoms with Gasteiger partial charge in [0.05, 0.1) is 39.9 Å². The second kappa shape index (κ2) is 59.1. The Balaban J connectivity index is 3.94. The van der Waals surface area contributed by atoms with E-state index in [-0.39, 0.29) is 12.5 Å². The molecule has 0 aliphatic carbocycles. The SMILES string of the molecule is CC/C=C\C/C=C\C/C=C\C/C=C\C/C=C\C/C=C\CCCCCCCCCCCCCCCCCCCCCCCCC(=O)NC(COP(=O)([O-])OCC[N+](C)(C)C)C(O)/C=C/CC/C=C/CCCCCCCCCCC. The van der Waals surface area contributed by atoms with Gasteiger partial charge in [-0.1, -0.05) is 291 Å². The maximum absolute atomic E-state index is 13.0. The van der Waals surface area contributed by atoms with Gasteiger partial charge in [0.15, 0.2) is 0 Å². The number of aliphatic hydroxyl groups excluding tert-OH is 1. The van der Waals surface area contributed by atoms with Crippen molar-refractivity contribution in [1.82, 2.24) is 5.32 Å². The van der Waals surface area contributed by atoms with E-state index in [1.54, 1.807) is 6.08 Å². The van der Waals surface area contributed by atoms with E-state index < -0.39 is 26.6 Å². The van der Waals surface area contributed by atoms with E-state index in [4.69, 9.17) is 9.05 Å². The number of quaternary nitrogens is 1. The molecular formula is C69H125N2O6P. The van der Waals surface area contributed by atoms with E-state index in [1.807, 2.05) is 27.2 Å². The highest BCUT2D eigenvalue weighted by molar-refractivity contribution is 7.45. The Morgan fingerprint density at radius 2 is 0.795 bits per heavy atom. The van der Waals surface area contributed by atoms with Crippen LogP contribution in [0.5, 0.6) is 0 Å². The Morgan fingerprint density at radius 3 is 1.19 bits per heavy atom. The summed E-state index contributed by atoms with van der Waals surface area (Å²) in [5.41, 5.74) is 0. The molecule has 8 nitrogen and oxygen atoms in total. The standard InChI is InChI=1S/C69H125N2O6P/c1-6-8-10-12-14-16-18-20-22-23-24-25-26-27-28-29-30-31-32-33-34-35-36-37-38-39-40-41-42-43-44-45-46-47-49-51-53-55-57-59-61-63-69(73)70-67(66-77-78(74,75)76-65-64-71(3,4)5)68(72)62-60-58-56-54-52-50-48-21-19-17-15-13-11-9-7-2/h8,10,14,16,20,22,24-25,27-28,30-31,52,54,60,62,67-68,72H,6-7,9,11-13,15,17-19,21,23,26,29,32-51,53,55-59,61,63-66H2,1-5H3,(H-,70,73,74,75)/b10-8-,16-14-,22-20-,25-24-,28-27-,31-30-,54-52+,62-60+. The highest BCUT2D eigenvalue weighted by Crippen LogP contribution is 2.38. The summed E-state index contributed by atoms with van der Waals surface area (Å²) in [4.78, 5) is 25.5. The molecule has 0 bridgehead atoms. The molecule has 0 aliphatic rings. The Kier molecular flexibility index (Phi) is 57.1. The molecule has 1 amide bonds. The number of unbranched alkanes of at least 4 members (excludes halogenated alkanes) is 32. The summed E-state index contributed by atoms with van der Waals surface area (Å²) in [5, 5.41) is 13.9. The van der Waals surface area contributed by atoms with E-state index >= 15 is 0 Å². The first kappa shape index (κ1) is 75.4. The number of hydrogen-bond donors (Lipinski definition) is 2. The van der Waals surface area contributed by atoms with Gasteiger partial charge in [0.2, 0.25) is 5.91 Å². The number of phosphoric acid groups is 1. The molecule has 0 radical (unpaired) electrons. The van der Waals surface area contributed by atoms with E-state index in [0.29, 0.717) is 17.4 Å². The van der Waals surface area contributed by atoms with Gasteiger partial charge in [-0.05, 0) is 83.5 Å². The molecule has 0 aromatic rings. The molecule has 0 saturated heterocycles. The van der Waals surface area contributed by atoms with Crippen molar-refractivity contribution in [2.75, 3.05) is 40.9 Å². The molecule has 0 aromatic carbocycles. The fraction of sp³-hybridized carbons (Fsp3) is 0.754. The van der Waals surface area contributed by atoms with Gasteiger partial charge in [0.25, 0.3) is 7.82 Å². The van der Waals surface area contributed by atoms with Gasteiger partial charge in [-0.2, -0.15) is 0 Å². The van der Waals surface area contributed by atoms with Gasteiger partial charge in [-0.3, -0.25) is 9.36 Å². The summed E-state index contributed by atoms with van der Waals surface area (Å²) in [6.45, 7) is 4.52. The normalized spacial score (nSPS) is 14.4. The summed E-state index contributed by atoms with van der Waals surface area (Å²) in [7, 11) is 1.25. The zero-order chi connectivity index (χ0) is 57.0. The van der Waals surface area contributed by atoms with E-state index in [0.717, 1.165) is 77.0 Å². The van der Waals surface area contributed by atoms with Gasteiger partial charge in [0, 0.05) is 6.42 Å². The average molecular weight is 1110 g/mol. The maximum Gasteiger partial charge on any atom is 0.268 e. The minimum atomic E-state index is -4.61. The van der Waals surface area contributed by atoms with Crippen LogP contribution in [0.4, 0.5) is 0 Å². The van der Waals surface area contributed by atoms with Crippen LogP contribution in [0.2, 0.25) is 0 Å². The number of carbonyl (C=O) groups excluding carboxylic acids is 1. The second-order valence-electron chi connectivity index (χ2n) is 23.1. The fourth-order valence-electron chi connectivity index (χ4n) is 9.23. The number of nitrogens with zero attached hydrogens (tertiary/aromatic N) is 1. The third-order valence-corrected chi connectivity index (χ3v) is 15.2. The third-order valence-electron chi connectivity index (χ3n) is 14.3. The molecule has 452 valence electrons. The van der Waals surface area contributed by atoms with E-state index in [9.17, 15) is 19.4 Å². The number of carbonyl (C=O) groups is 1. The Labute approximate surface area is 483 Å². The molecule has 2 N–H and O–H groups in total. The van der Waals surface area contributed by atoms with Crippen molar-refractivity contribution in [1.29, 1.82) is 0 Å². The number of likely N-dealkylation sites (N-methyl/N-ethyl adjacent to an activating group) is 1. The van der Waals surface area contributed by atoms with E-state index in [1.165, 1.54) is 186 Å². The first-order valence-electron chi connectivity index (χ1n) is 32.6. The summed E-state index contributed by atoms with van der Waals surface area (Å²) >= 11 is 0. The second-order valence-corrected chi connectivity index (χ2v) is 24.5. The summed E-state index contributed by atoms with van der Waals surface area (Å²) in [5.74, 6) is -0.206. The van der Waals surface area contributed by atoms with Crippen LogP contribution in [0.3, 0.4) is 0 Å². The quantitative estimate of drug-likeness (QED) is 0.0272. The van der Waals surface area contributed by atoms with Crippen molar-refractivity contribution in [3.05, 3.63) is 97.2 Å². The molecule has 0 aromatic heterocycles. The van der Waals surface area contributed by atoms with Crippen LogP contribution in [0.15, 0.2) is 97.2 Å². The first-order chi connectivity index (χ1) is 38.0. The van der Waals surface area contributed by atoms with Crippen molar-refractivity contribution in [2.24, 2.45) is 0 Å². The summed E-state index contributed by atoms with van der Waals surface area (Å²) in [6, 6.07) is -0.905. The first-order valence-corrected chi connectivity index (χ1v) is 34.1. The highest BCUT2D eigenvalue weighted by atomic mass is 31.2. The average Bonchev–Trinajstić information content (AvgIpc) is 3.41. The molecule has 0 fully saturated rings. The van der Waals surface area contributed by atoms with E-state index in [2.05, 4.69) is 104 Å². The van der Waals surface area contributed by atoms with Crippen LogP contribution in [0.25, 0.3) is 0 Å². The molecular weight excluding hydrogens is 984 g/mol. The van der Waals surface area contributed by atoms with Crippen LogP contribution in [0, 0.1) is 0 Å². The molecule has 9 heteroatoms. The third kappa shape index (κ3) is 61.0. The maximum atomic E-state index is 13.0. The lowest BCUT2D eigenvalue weighted by Crippen LogP contribution is -2.45. The number of hydrogen-bond acceptors (Lipinski definition) is 6. The van der Waals surface area contributed by atoms with Gasteiger partial charge >= 0.3 is 0 Å². The van der Waals surface area contributed by atoms with Gasteiger partial charge < -0.3 is 28.8 Å². The minimum Gasteiger partial charge on any atom is -0.756 e. The molecule has 3 unspecified atom stereocenters. The molecule has 78 heavy (non-hydrogen) atoms. The topological polar surface area (TPSA) is 108 Å². The van der Waals surface area contributed by atoms with Crippen molar-refractivity contribution in [2.45, 2.75) is 296 Å². The predicted molar refractivity (Wildman–Crippen MR) is 339 cm³/mol. The van der Waals surface area contributed by atoms with Crippen LogP contribution in [-0.2, 0) is 18.4 Å². The zero-order valence-electron chi connectivity index (χ0n) is 51.6. The van der Waals surface area contributed by atoms with Crippen molar-refractivity contribution in [3.63, 3.8) is 0 Å². The zero-order valence-corrected chi connectivity index (χ0v) is 52.5. The highest BCUT2D eigenvalue weighted by Gasteiger charge is 2.23. The van der Waals surface area contributed by atoms with Crippen molar-refractivity contribution >= 4 is 13.7 Å². The van der Waals surface area contributed by atoms with Crippen molar-refractivity contribution in [3.8, 4) is 0 Å². The van der Waals surface area contributed by atoms with Gasteiger partial charge in [-0.25, -0.2) is 0 Å². The Hall–Kier alpha value is -2.58. The lowest BCUT2D eigenvalue weighted by Gasteiger charge is -2.29. The van der Waals surface area contributed by atoms with Crippen LogP contribution < -0.4 is 10.2 Å². The largest absolute Gasteiger partial charge is 0.756 e. The lowest BCUT2D eigenvalue weighted by atomic mass is 10.0. The van der Waals surface area contributed by atoms with Gasteiger partial charge in [-0.15, -0.1) is 0 Å². The minimum absolute atomic E-state index is 0.00751. The molecule has 0 rings (SSSR count). The molecule has 3 atom stereocenters. The number of amides is 1. The number of allylic oxidation sites excluding steroid dienone is 15. The lowest BCUT2D eigenvalue weighted by molar-refractivity contribution is -0.870. The van der Waals surface area contributed by atoms with Crippen LogP contribution >= 0.6 is 7.82 Å². The van der Waals surface area contributed by atoms with Crippen LogP contribution in [-0.4, -0.2) is 68.5 Å².